The van der Waals surface area contributed by atoms with Crippen LogP contribution in [-0.2, 0) is 0 Å². The van der Waals surface area contributed by atoms with Crippen LogP contribution in [0.25, 0.3) is 5.52 Å². The molecule has 0 saturated carbocycles. The minimum atomic E-state index is -0.0985. The van der Waals surface area contributed by atoms with Gasteiger partial charge < -0.3 is 9.72 Å². The molecule has 1 amide bonds. The van der Waals surface area contributed by atoms with Crippen LogP contribution in [-0.4, -0.2) is 21.8 Å². The molecule has 0 aliphatic heterocycles. The Bertz CT molecular complexity index is 516. The standard InChI is InChI=1S/C12H15N3O/c1-3-7-13-12(16)11-10-6-4-5-8-15(10)9(2)14-11/h4-6,8H,3,7H2,1-2H3,(H,13,16). The maximum Gasteiger partial charge on any atom is 0.272 e. The minimum Gasteiger partial charge on any atom is -0.351 e. The van der Waals surface area contributed by atoms with Gasteiger partial charge in [-0.2, -0.15) is 0 Å². The van der Waals surface area contributed by atoms with E-state index in [4.69, 9.17) is 0 Å². The maximum absolute atomic E-state index is 11.8. The van der Waals surface area contributed by atoms with Crippen molar-refractivity contribution in [2.75, 3.05) is 6.54 Å². The smallest absolute Gasteiger partial charge is 0.272 e. The summed E-state index contributed by atoms with van der Waals surface area (Å²) >= 11 is 0. The Labute approximate surface area is 94.3 Å². The summed E-state index contributed by atoms with van der Waals surface area (Å²) in [7, 11) is 0. The number of nitrogens with zero attached hydrogens (tertiary/aromatic N) is 2. The second kappa shape index (κ2) is 4.35. The van der Waals surface area contributed by atoms with E-state index in [9.17, 15) is 4.79 Å². The number of hydrogen-bond acceptors (Lipinski definition) is 2. The lowest BCUT2D eigenvalue weighted by Gasteiger charge is -2.00. The Morgan fingerprint density at radius 2 is 2.31 bits per heavy atom. The van der Waals surface area contributed by atoms with Gasteiger partial charge >= 0.3 is 0 Å². The van der Waals surface area contributed by atoms with E-state index in [1.165, 1.54) is 0 Å². The average Bonchev–Trinajstić information content (AvgIpc) is 2.65. The van der Waals surface area contributed by atoms with Crippen molar-refractivity contribution >= 4 is 11.4 Å². The third kappa shape index (κ3) is 1.78. The van der Waals surface area contributed by atoms with Gasteiger partial charge in [0.15, 0.2) is 5.69 Å². The normalized spacial score (nSPS) is 10.6. The number of aromatic nitrogens is 2. The highest BCUT2D eigenvalue weighted by molar-refractivity contribution is 5.99. The number of carbonyl (C=O) groups is 1. The van der Waals surface area contributed by atoms with Crippen LogP contribution in [0.3, 0.4) is 0 Å². The van der Waals surface area contributed by atoms with Gasteiger partial charge in [0.25, 0.3) is 5.91 Å². The lowest BCUT2D eigenvalue weighted by atomic mass is 10.3. The number of pyridine rings is 1. The molecular weight excluding hydrogens is 202 g/mol. The Morgan fingerprint density at radius 3 is 3.06 bits per heavy atom. The van der Waals surface area contributed by atoms with Crippen molar-refractivity contribution in [1.29, 1.82) is 0 Å². The van der Waals surface area contributed by atoms with Crippen molar-refractivity contribution in [2.45, 2.75) is 20.3 Å². The third-order valence-electron chi connectivity index (χ3n) is 2.48. The molecule has 2 rings (SSSR count). The Kier molecular flexibility index (Phi) is 2.90. The second-order valence-electron chi connectivity index (χ2n) is 3.72. The molecule has 2 aromatic heterocycles. The first-order valence-electron chi connectivity index (χ1n) is 5.46. The maximum atomic E-state index is 11.8. The summed E-state index contributed by atoms with van der Waals surface area (Å²) in [5, 5.41) is 2.84. The monoisotopic (exact) mass is 217 g/mol. The highest BCUT2D eigenvalue weighted by Crippen LogP contribution is 2.12. The van der Waals surface area contributed by atoms with Gasteiger partial charge in [-0.1, -0.05) is 13.0 Å². The molecule has 16 heavy (non-hydrogen) atoms. The number of carbonyl (C=O) groups excluding carboxylic acids is 1. The van der Waals surface area contributed by atoms with Crippen LogP contribution >= 0.6 is 0 Å². The molecule has 0 saturated heterocycles. The lowest BCUT2D eigenvalue weighted by molar-refractivity contribution is 0.0951. The SMILES string of the molecule is CCCNC(=O)c1nc(C)n2ccccc12. The Balaban J connectivity index is 2.41. The predicted octanol–water partition coefficient (Wildman–Crippen LogP) is 1.78. The van der Waals surface area contributed by atoms with Crippen molar-refractivity contribution in [3.05, 3.63) is 35.9 Å². The van der Waals surface area contributed by atoms with Crippen molar-refractivity contribution in [2.24, 2.45) is 0 Å². The molecule has 0 aromatic carbocycles. The highest BCUT2D eigenvalue weighted by Gasteiger charge is 2.14. The zero-order chi connectivity index (χ0) is 11.5. The number of rotatable bonds is 3. The molecule has 0 unspecified atom stereocenters. The molecule has 0 spiro atoms. The molecule has 1 N–H and O–H groups in total. The van der Waals surface area contributed by atoms with Crippen molar-refractivity contribution < 1.29 is 4.79 Å². The van der Waals surface area contributed by atoms with Gasteiger partial charge in [-0.3, -0.25) is 4.79 Å². The zero-order valence-electron chi connectivity index (χ0n) is 9.53. The minimum absolute atomic E-state index is 0.0985. The van der Waals surface area contributed by atoms with Gasteiger partial charge in [0, 0.05) is 12.7 Å². The summed E-state index contributed by atoms with van der Waals surface area (Å²) in [6.07, 6.45) is 2.84. The van der Waals surface area contributed by atoms with E-state index in [1.807, 2.05) is 42.6 Å². The summed E-state index contributed by atoms with van der Waals surface area (Å²) in [4.78, 5) is 16.1. The number of fused-ring (bicyclic) bond motifs is 1. The first-order valence-corrected chi connectivity index (χ1v) is 5.46. The van der Waals surface area contributed by atoms with Gasteiger partial charge in [0.1, 0.15) is 5.82 Å². The molecule has 2 heterocycles. The molecule has 0 aliphatic rings. The van der Waals surface area contributed by atoms with Crippen LogP contribution in [0.1, 0.15) is 29.7 Å². The van der Waals surface area contributed by atoms with Crippen molar-refractivity contribution in [3.63, 3.8) is 0 Å². The van der Waals surface area contributed by atoms with Gasteiger partial charge in [0.2, 0.25) is 0 Å². The van der Waals surface area contributed by atoms with Crippen LogP contribution in [0.2, 0.25) is 0 Å². The van der Waals surface area contributed by atoms with Crippen LogP contribution in [0.15, 0.2) is 24.4 Å². The number of amides is 1. The number of nitrogens with one attached hydrogen (secondary N) is 1. The van der Waals surface area contributed by atoms with E-state index in [2.05, 4.69) is 10.3 Å². The molecule has 0 atom stereocenters. The van der Waals surface area contributed by atoms with Crippen LogP contribution < -0.4 is 5.32 Å². The molecule has 2 aromatic rings. The van der Waals surface area contributed by atoms with Crippen LogP contribution in [0.4, 0.5) is 0 Å². The fourth-order valence-electron chi connectivity index (χ4n) is 1.68. The number of hydrogen-bond donors (Lipinski definition) is 1. The van der Waals surface area contributed by atoms with Gasteiger partial charge in [-0.15, -0.1) is 0 Å². The molecule has 4 heteroatoms. The van der Waals surface area contributed by atoms with E-state index < -0.39 is 0 Å². The van der Waals surface area contributed by atoms with Gasteiger partial charge in [-0.05, 0) is 25.5 Å². The third-order valence-corrected chi connectivity index (χ3v) is 2.48. The predicted molar refractivity (Wildman–Crippen MR) is 62.6 cm³/mol. The van der Waals surface area contributed by atoms with E-state index in [1.54, 1.807) is 0 Å². The van der Waals surface area contributed by atoms with Crippen LogP contribution in [0, 0.1) is 6.92 Å². The van der Waals surface area contributed by atoms with Crippen molar-refractivity contribution in [1.82, 2.24) is 14.7 Å². The van der Waals surface area contributed by atoms with Crippen LogP contribution in [0.5, 0.6) is 0 Å². The molecule has 0 radical (unpaired) electrons. The fraction of sp³-hybridized carbons (Fsp3) is 0.333. The van der Waals surface area contributed by atoms with E-state index >= 15 is 0 Å². The molecular formula is C12H15N3O. The second-order valence-corrected chi connectivity index (χ2v) is 3.72. The highest BCUT2D eigenvalue weighted by atomic mass is 16.1. The van der Waals surface area contributed by atoms with Gasteiger partial charge in [0.05, 0.1) is 5.52 Å². The van der Waals surface area contributed by atoms with E-state index in [0.29, 0.717) is 12.2 Å². The summed E-state index contributed by atoms with van der Waals surface area (Å²) in [6.45, 7) is 4.60. The lowest BCUT2D eigenvalue weighted by Crippen LogP contribution is -2.24. The fourth-order valence-corrected chi connectivity index (χ4v) is 1.68. The first kappa shape index (κ1) is 10.7. The largest absolute Gasteiger partial charge is 0.351 e. The summed E-state index contributed by atoms with van der Waals surface area (Å²) in [6, 6.07) is 5.74. The van der Waals surface area contributed by atoms with Gasteiger partial charge in [-0.25, -0.2) is 4.98 Å². The van der Waals surface area contributed by atoms with Crippen molar-refractivity contribution in [3.8, 4) is 0 Å². The number of aryl methyl sites for hydroxylation is 1. The average molecular weight is 217 g/mol. The first-order chi connectivity index (χ1) is 7.74. The zero-order valence-corrected chi connectivity index (χ0v) is 9.53. The number of imidazole rings is 1. The summed E-state index contributed by atoms with van der Waals surface area (Å²) in [5.74, 6) is 0.732. The van der Waals surface area contributed by atoms with E-state index in [0.717, 1.165) is 17.8 Å². The molecule has 84 valence electrons. The molecule has 4 nitrogen and oxygen atoms in total. The summed E-state index contributed by atoms with van der Waals surface area (Å²) < 4.78 is 1.92. The Morgan fingerprint density at radius 1 is 1.50 bits per heavy atom. The molecule has 0 bridgehead atoms. The topological polar surface area (TPSA) is 46.4 Å². The quantitative estimate of drug-likeness (QED) is 0.851. The molecule has 0 aliphatic carbocycles. The van der Waals surface area contributed by atoms with E-state index in [-0.39, 0.29) is 5.91 Å². The Hall–Kier alpha value is -1.84. The molecule has 0 fully saturated rings. The summed E-state index contributed by atoms with van der Waals surface area (Å²) in [5.41, 5.74) is 1.36.